The van der Waals surface area contributed by atoms with Crippen molar-refractivity contribution in [1.82, 2.24) is 0 Å². The van der Waals surface area contributed by atoms with Gasteiger partial charge in [0, 0.05) is 0 Å². The first-order chi connectivity index (χ1) is 3.91. The molecule has 0 N–H and O–H groups in total. The van der Waals surface area contributed by atoms with Crippen LogP contribution < -0.4 is 0 Å². The van der Waals surface area contributed by atoms with Crippen molar-refractivity contribution in [2.45, 2.75) is 38.7 Å². The molecule has 0 aromatic carbocycles. The Morgan fingerprint density at radius 2 is 2.00 bits per heavy atom. The quantitative estimate of drug-likeness (QED) is 0.409. The molecule has 0 aliphatic carbocycles. The summed E-state index contributed by atoms with van der Waals surface area (Å²) in [6, 6.07) is 0.958. The van der Waals surface area contributed by atoms with E-state index in [9.17, 15) is 4.46 Å². The highest BCUT2D eigenvalue weighted by Crippen LogP contribution is 2.00. The third-order valence-electron chi connectivity index (χ3n) is 1.18. The highest BCUT2D eigenvalue weighted by Gasteiger charge is 1.84. The van der Waals surface area contributed by atoms with Crippen LogP contribution in [0.3, 0.4) is 0 Å². The first kappa shape index (κ1) is 8.02. The summed E-state index contributed by atoms with van der Waals surface area (Å²) in [4.78, 5) is 0. The van der Waals surface area contributed by atoms with Gasteiger partial charge in [0.15, 0.2) is 0 Å². The molecule has 2 heteroatoms. The average molecular weight is 130 g/mol. The van der Waals surface area contributed by atoms with E-state index in [1.165, 1.54) is 25.7 Å². The SMILES string of the molecule is CCCCCC[SiH]=O. The molecular weight excluding hydrogens is 116 g/mol. The van der Waals surface area contributed by atoms with E-state index in [0.717, 1.165) is 6.04 Å². The first-order valence-corrected chi connectivity index (χ1v) is 4.64. The molecule has 0 bridgehead atoms. The third-order valence-corrected chi connectivity index (χ3v) is 1.82. The summed E-state index contributed by atoms with van der Waals surface area (Å²) in [5.74, 6) is 0. The predicted octanol–water partition coefficient (Wildman–Crippen LogP) is 1.77. The first-order valence-electron chi connectivity index (χ1n) is 3.35. The number of hydrogen-bond donors (Lipinski definition) is 0. The third kappa shape index (κ3) is 6.02. The summed E-state index contributed by atoms with van der Waals surface area (Å²) in [5.41, 5.74) is 0. The lowest BCUT2D eigenvalue weighted by molar-refractivity contribution is 0.571. The maximum absolute atomic E-state index is 9.98. The van der Waals surface area contributed by atoms with Crippen molar-refractivity contribution >= 4 is 9.41 Å². The van der Waals surface area contributed by atoms with Gasteiger partial charge in [0.05, 0.1) is 0 Å². The topological polar surface area (TPSA) is 17.1 Å². The van der Waals surface area contributed by atoms with Crippen LogP contribution >= 0.6 is 0 Å². The molecule has 48 valence electrons. The van der Waals surface area contributed by atoms with E-state index in [1.807, 2.05) is 0 Å². The van der Waals surface area contributed by atoms with E-state index in [2.05, 4.69) is 6.92 Å². The number of unbranched alkanes of at least 4 members (excludes halogenated alkanes) is 3. The normalized spacial score (nSPS) is 9.12. The Kier molecular flexibility index (Phi) is 7.03. The molecule has 0 rings (SSSR count). The summed E-state index contributed by atoms with van der Waals surface area (Å²) in [6.07, 6.45) is 5.02. The Hall–Kier alpha value is 0.0169. The Labute approximate surface area is 53.4 Å². The van der Waals surface area contributed by atoms with Crippen molar-refractivity contribution in [2.75, 3.05) is 0 Å². The zero-order valence-corrected chi connectivity index (χ0v) is 6.68. The summed E-state index contributed by atoms with van der Waals surface area (Å²) in [6.45, 7) is 2.18. The van der Waals surface area contributed by atoms with E-state index < -0.39 is 9.41 Å². The van der Waals surface area contributed by atoms with E-state index in [0.29, 0.717) is 0 Å². The van der Waals surface area contributed by atoms with Crippen LogP contribution in [0.4, 0.5) is 0 Å². The Morgan fingerprint density at radius 3 is 2.50 bits per heavy atom. The smallest absolute Gasteiger partial charge is 0.261 e. The van der Waals surface area contributed by atoms with Crippen molar-refractivity contribution in [3.05, 3.63) is 0 Å². The molecular formula is C6H14OSi. The van der Waals surface area contributed by atoms with Gasteiger partial charge in [-0.25, -0.2) is 0 Å². The van der Waals surface area contributed by atoms with Crippen LogP contribution in [-0.2, 0) is 4.46 Å². The van der Waals surface area contributed by atoms with Gasteiger partial charge >= 0.3 is 0 Å². The van der Waals surface area contributed by atoms with Gasteiger partial charge in [-0.3, -0.25) is 0 Å². The van der Waals surface area contributed by atoms with Crippen LogP contribution in [0.5, 0.6) is 0 Å². The molecule has 0 aliphatic rings. The monoisotopic (exact) mass is 130 g/mol. The molecule has 0 spiro atoms. The minimum absolute atomic E-state index is 0.472. The lowest BCUT2D eigenvalue weighted by Gasteiger charge is -1.90. The Balaban J connectivity index is 2.62. The maximum Gasteiger partial charge on any atom is 0.261 e. The number of rotatable bonds is 5. The molecule has 0 radical (unpaired) electrons. The van der Waals surface area contributed by atoms with Gasteiger partial charge in [-0.15, -0.1) is 0 Å². The molecule has 0 saturated heterocycles. The Bertz CT molecular complexity index is 54.5. The second kappa shape index (κ2) is 7.02. The fourth-order valence-electron chi connectivity index (χ4n) is 0.654. The standard InChI is InChI=1S/C6H14OSi/c1-2-3-4-5-6-8-7/h8H,2-6H2,1H3. The van der Waals surface area contributed by atoms with Crippen LogP contribution in [-0.4, -0.2) is 9.41 Å². The highest BCUT2D eigenvalue weighted by atomic mass is 28.2. The van der Waals surface area contributed by atoms with Gasteiger partial charge in [-0.1, -0.05) is 32.6 Å². The summed E-state index contributed by atoms with van der Waals surface area (Å²) < 4.78 is 9.98. The minimum atomic E-state index is -0.472. The Morgan fingerprint density at radius 1 is 1.25 bits per heavy atom. The molecule has 0 heterocycles. The zero-order valence-electron chi connectivity index (χ0n) is 5.52. The van der Waals surface area contributed by atoms with Crippen molar-refractivity contribution in [3.63, 3.8) is 0 Å². The summed E-state index contributed by atoms with van der Waals surface area (Å²) >= 11 is 0. The fraction of sp³-hybridized carbons (Fsp3) is 1.00. The van der Waals surface area contributed by atoms with Gasteiger partial charge in [0.1, 0.15) is 0 Å². The van der Waals surface area contributed by atoms with E-state index in [1.54, 1.807) is 0 Å². The second-order valence-corrected chi connectivity index (χ2v) is 2.93. The minimum Gasteiger partial charge on any atom is -0.392 e. The molecule has 0 aliphatic heterocycles. The van der Waals surface area contributed by atoms with E-state index >= 15 is 0 Å². The largest absolute Gasteiger partial charge is 0.392 e. The molecule has 0 saturated carbocycles. The lowest BCUT2D eigenvalue weighted by Crippen LogP contribution is -1.76. The molecule has 0 unspecified atom stereocenters. The molecule has 0 aromatic heterocycles. The van der Waals surface area contributed by atoms with Crippen LogP contribution in [0.1, 0.15) is 32.6 Å². The van der Waals surface area contributed by atoms with Gasteiger partial charge in [0.2, 0.25) is 0 Å². The molecule has 0 atom stereocenters. The van der Waals surface area contributed by atoms with Crippen molar-refractivity contribution in [2.24, 2.45) is 0 Å². The van der Waals surface area contributed by atoms with Gasteiger partial charge in [0.25, 0.3) is 9.41 Å². The average Bonchev–Trinajstić information content (AvgIpc) is 1.81. The van der Waals surface area contributed by atoms with Gasteiger partial charge in [-0.05, 0) is 6.04 Å². The maximum atomic E-state index is 9.98. The van der Waals surface area contributed by atoms with Gasteiger partial charge < -0.3 is 4.46 Å². The van der Waals surface area contributed by atoms with Crippen molar-refractivity contribution in [3.8, 4) is 0 Å². The number of hydrogen-bond acceptors (Lipinski definition) is 1. The highest BCUT2D eigenvalue weighted by molar-refractivity contribution is 6.16. The van der Waals surface area contributed by atoms with Crippen LogP contribution in [0.25, 0.3) is 0 Å². The molecule has 1 nitrogen and oxygen atoms in total. The predicted molar refractivity (Wildman–Crippen MR) is 36.8 cm³/mol. The second-order valence-electron chi connectivity index (χ2n) is 2.02. The van der Waals surface area contributed by atoms with Crippen LogP contribution in [0, 0.1) is 0 Å². The van der Waals surface area contributed by atoms with Crippen LogP contribution in [0.15, 0.2) is 0 Å². The van der Waals surface area contributed by atoms with Crippen molar-refractivity contribution < 1.29 is 4.46 Å². The lowest BCUT2D eigenvalue weighted by atomic mass is 10.2. The molecule has 0 fully saturated rings. The van der Waals surface area contributed by atoms with Crippen LogP contribution in [0.2, 0.25) is 6.04 Å². The zero-order chi connectivity index (χ0) is 6.24. The molecule has 0 aromatic rings. The summed E-state index contributed by atoms with van der Waals surface area (Å²) in [7, 11) is -0.472. The van der Waals surface area contributed by atoms with E-state index in [-0.39, 0.29) is 0 Å². The molecule has 8 heavy (non-hydrogen) atoms. The molecule has 0 amide bonds. The van der Waals surface area contributed by atoms with Gasteiger partial charge in [-0.2, -0.15) is 0 Å². The fourth-order valence-corrected chi connectivity index (χ4v) is 1.11. The van der Waals surface area contributed by atoms with Crippen molar-refractivity contribution in [1.29, 1.82) is 0 Å². The van der Waals surface area contributed by atoms with E-state index in [4.69, 9.17) is 0 Å². The summed E-state index contributed by atoms with van der Waals surface area (Å²) in [5, 5.41) is 0.